The van der Waals surface area contributed by atoms with Crippen molar-refractivity contribution in [2.24, 2.45) is 17.3 Å². The van der Waals surface area contributed by atoms with E-state index in [1.165, 1.54) is 25.7 Å². The highest BCUT2D eigenvalue weighted by atomic mass is 16.1. The first-order valence-electron chi connectivity index (χ1n) is 7.07. The van der Waals surface area contributed by atoms with Crippen LogP contribution in [-0.2, 0) is 4.79 Å². The van der Waals surface area contributed by atoms with Crippen LogP contribution in [0.2, 0.25) is 0 Å². The van der Waals surface area contributed by atoms with E-state index >= 15 is 0 Å². The number of carbonyl (C=O) groups excluding carboxylic acids is 1. The zero-order valence-corrected chi connectivity index (χ0v) is 12.2. The Morgan fingerprint density at radius 3 is 2.12 bits per heavy atom. The fourth-order valence-corrected chi connectivity index (χ4v) is 2.69. The molecule has 17 heavy (non-hydrogen) atoms. The Balaban J connectivity index is 2.29. The second kappa shape index (κ2) is 5.88. The molecular weight excluding hydrogens is 210 g/mol. The van der Waals surface area contributed by atoms with Crippen LogP contribution < -0.4 is 5.32 Å². The van der Waals surface area contributed by atoms with Crippen LogP contribution in [0.15, 0.2) is 0 Å². The average molecular weight is 239 g/mol. The molecule has 100 valence electrons. The normalized spacial score (nSPS) is 26.0. The Labute approximate surface area is 107 Å². The van der Waals surface area contributed by atoms with Gasteiger partial charge < -0.3 is 5.32 Å². The van der Waals surface area contributed by atoms with Crippen molar-refractivity contribution in [3.05, 3.63) is 0 Å². The average Bonchev–Trinajstić information content (AvgIpc) is 2.15. The molecule has 0 spiro atoms. The van der Waals surface area contributed by atoms with Crippen LogP contribution in [-0.4, -0.2) is 11.9 Å². The van der Waals surface area contributed by atoms with E-state index in [9.17, 15) is 4.79 Å². The quantitative estimate of drug-likeness (QED) is 0.798. The molecule has 0 aliphatic heterocycles. The second-order valence-electron chi connectivity index (χ2n) is 7.16. The van der Waals surface area contributed by atoms with Crippen LogP contribution in [0.1, 0.15) is 66.7 Å². The van der Waals surface area contributed by atoms with E-state index in [2.05, 4.69) is 39.9 Å². The zero-order chi connectivity index (χ0) is 13.1. The summed E-state index contributed by atoms with van der Waals surface area (Å²) in [6, 6.07) is 0.430. The molecule has 0 aromatic rings. The molecule has 0 unspecified atom stereocenters. The van der Waals surface area contributed by atoms with E-state index in [4.69, 9.17) is 0 Å². The topological polar surface area (TPSA) is 29.1 Å². The summed E-state index contributed by atoms with van der Waals surface area (Å²) < 4.78 is 0. The molecule has 1 fully saturated rings. The summed E-state index contributed by atoms with van der Waals surface area (Å²) in [5.41, 5.74) is 0.0964. The van der Waals surface area contributed by atoms with Gasteiger partial charge in [0, 0.05) is 12.5 Å². The highest BCUT2D eigenvalue weighted by Crippen LogP contribution is 2.30. The SMILES string of the molecule is CC(C)C1CCC(NC(=O)CC(C)(C)C)CC1. The lowest BCUT2D eigenvalue weighted by Gasteiger charge is -2.31. The third-order valence-electron chi connectivity index (χ3n) is 3.77. The summed E-state index contributed by atoms with van der Waals surface area (Å²) >= 11 is 0. The van der Waals surface area contributed by atoms with E-state index in [0.29, 0.717) is 12.5 Å². The predicted molar refractivity (Wildman–Crippen MR) is 72.8 cm³/mol. The molecule has 0 heterocycles. The molecule has 1 rings (SSSR count). The fraction of sp³-hybridized carbons (Fsp3) is 0.933. The Hall–Kier alpha value is -0.530. The van der Waals surface area contributed by atoms with Crippen molar-refractivity contribution in [2.75, 3.05) is 0 Å². The molecule has 1 amide bonds. The summed E-state index contributed by atoms with van der Waals surface area (Å²) in [7, 11) is 0. The van der Waals surface area contributed by atoms with Crippen molar-refractivity contribution in [2.45, 2.75) is 72.8 Å². The molecule has 0 aromatic carbocycles. The van der Waals surface area contributed by atoms with Crippen molar-refractivity contribution in [1.29, 1.82) is 0 Å². The van der Waals surface area contributed by atoms with E-state index in [0.717, 1.165) is 11.8 Å². The van der Waals surface area contributed by atoms with Gasteiger partial charge in [-0.15, -0.1) is 0 Å². The molecule has 1 saturated carbocycles. The van der Waals surface area contributed by atoms with Crippen molar-refractivity contribution >= 4 is 5.91 Å². The van der Waals surface area contributed by atoms with Gasteiger partial charge in [0.05, 0.1) is 0 Å². The molecular formula is C15H29NO. The van der Waals surface area contributed by atoms with Crippen LogP contribution in [0.4, 0.5) is 0 Å². The van der Waals surface area contributed by atoms with Gasteiger partial charge in [-0.05, 0) is 42.9 Å². The molecule has 1 N–H and O–H groups in total. The van der Waals surface area contributed by atoms with Crippen molar-refractivity contribution in [3.63, 3.8) is 0 Å². The van der Waals surface area contributed by atoms with Gasteiger partial charge in [-0.1, -0.05) is 34.6 Å². The Kier molecular flexibility index (Phi) is 5.03. The maximum absolute atomic E-state index is 11.8. The maximum Gasteiger partial charge on any atom is 0.220 e. The van der Waals surface area contributed by atoms with E-state index < -0.39 is 0 Å². The van der Waals surface area contributed by atoms with Gasteiger partial charge in [-0.3, -0.25) is 4.79 Å². The molecule has 0 aromatic heterocycles. The first-order chi connectivity index (χ1) is 7.78. The fourth-order valence-electron chi connectivity index (χ4n) is 2.69. The van der Waals surface area contributed by atoms with Crippen LogP contribution >= 0.6 is 0 Å². The smallest absolute Gasteiger partial charge is 0.220 e. The van der Waals surface area contributed by atoms with E-state index in [1.54, 1.807) is 0 Å². The lowest BCUT2D eigenvalue weighted by molar-refractivity contribution is -0.123. The minimum atomic E-state index is 0.0964. The number of carbonyl (C=O) groups is 1. The first-order valence-corrected chi connectivity index (χ1v) is 7.07. The van der Waals surface area contributed by atoms with Gasteiger partial charge in [0.25, 0.3) is 0 Å². The highest BCUT2D eigenvalue weighted by molar-refractivity contribution is 5.76. The van der Waals surface area contributed by atoms with Crippen LogP contribution in [0.3, 0.4) is 0 Å². The van der Waals surface area contributed by atoms with Gasteiger partial charge >= 0.3 is 0 Å². The molecule has 0 radical (unpaired) electrons. The zero-order valence-electron chi connectivity index (χ0n) is 12.2. The van der Waals surface area contributed by atoms with Crippen LogP contribution in [0.5, 0.6) is 0 Å². The van der Waals surface area contributed by atoms with Gasteiger partial charge in [0.2, 0.25) is 5.91 Å². The molecule has 2 heteroatoms. The number of amides is 1. The highest BCUT2D eigenvalue weighted by Gasteiger charge is 2.25. The van der Waals surface area contributed by atoms with E-state index in [1.807, 2.05) is 0 Å². The summed E-state index contributed by atoms with van der Waals surface area (Å²) in [6.45, 7) is 11.0. The Morgan fingerprint density at radius 1 is 1.18 bits per heavy atom. The summed E-state index contributed by atoms with van der Waals surface area (Å²) in [5, 5.41) is 3.20. The Morgan fingerprint density at radius 2 is 1.71 bits per heavy atom. The minimum absolute atomic E-state index is 0.0964. The molecule has 1 aliphatic carbocycles. The monoisotopic (exact) mass is 239 g/mol. The van der Waals surface area contributed by atoms with Crippen molar-refractivity contribution in [1.82, 2.24) is 5.32 Å². The molecule has 2 nitrogen and oxygen atoms in total. The lowest BCUT2D eigenvalue weighted by Crippen LogP contribution is -2.39. The standard InChI is InChI=1S/C15H29NO/c1-11(2)12-6-8-13(9-7-12)16-14(17)10-15(3,4)5/h11-13H,6-10H2,1-5H3,(H,16,17). The number of rotatable bonds is 3. The van der Waals surface area contributed by atoms with Gasteiger partial charge in [0.15, 0.2) is 0 Å². The number of hydrogen-bond acceptors (Lipinski definition) is 1. The molecule has 0 saturated heterocycles. The van der Waals surface area contributed by atoms with Crippen LogP contribution in [0, 0.1) is 17.3 Å². The molecule has 1 aliphatic rings. The van der Waals surface area contributed by atoms with Gasteiger partial charge in [-0.25, -0.2) is 0 Å². The first kappa shape index (κ1) is 14.5. The van der Waals surface area contributed by atoms with E-state index in [-0.39, 0.29) is 11.3 Å². The molecule has 0 atom stereocenters. The summed E-state index contributed by atoms with van der Waals surface area (Å²) in [4.78, 5) is 11.8. The molecule has 0 bridgehead atoms. The minimum Gasteiger partial charge on any atom is -0.353 e. The predicted octanol–water partition coefficient (Wildman–Crippen LogP) is 3.75. The van der Waals surface area contributed by atoms with Crippen molar-refractivity contribution in [3.8, 4) is 0 Å². The summed E-state index contributed by atoms with van der Waals surface area (Å²) in [5.74, 6) is 1.89. The third-order valence-corrected chi connectivity index (χ3v) is 3.77. The lowest BCUT2D eigenvalue weighted by atomic mass is 9.79. The largest absolute Gasteiger partial charge is 0.353 e. The van der Waals surface area contributed by atoms with Crippen LogP contribution in [0.25, 0.3) is 0 Å². The van der Waals surface area contributed by atoms with Gasteiger partial charge in [0.1, 0.15) is 0 Å². The summed E-state index contributed by atoms with van der Waals surface area (Å²) in [6.07, 6.45) is 5.52. The van der Waals surface area contributed by atoms with Crippen molar-refractivity contribution < 1.29 is 4.79 Å². The van der Waals surface area contributed by atoms with Gasteiger partial charge in [-0.2, -0.15) is 0 Å². The third kappa shape index (κ3) is 5.56. The Bertz CT molecular complexity index is 244. The maximum atomic E-state index is 11.8. The second-order valence-corrected chi connectivity index (χ2v) is 7.16. The number of hydrogen-bond donors (Lipinski definition) is 1. The number of nitrogens with one attached hydrogen (secondary N) is 1.